The SMILES string of the molecule is CCC(CCN)CCC(=O)Nc1cccc(C)c1. The molecule has 0 saturated carbocycles. The van der Waals surface area contributed by atoms with E-state index in [1.54, 1.807) is 0 Å². The number of hydrogen-bond acceptors (Lipinski definition) is 2. The van der Waals surface area contributed by atoms with Gasteiger partial charge in [-0.2, -0.15) is 0 Å². The molecular weight excluding hydrogens is 224 g/mol. The molecule has 3 N–H and O–H groups in total. The Morgan fingerprint density at radius 2 is 2.17 bits per heavy atom. The molecule has 0 radical (unpaired) electrons. The van der Waals surface area contributed by atoms with Gasteiger partial charge in [0.1, 0.15) is 0 Å². The fraction of sp³-hybridized carbons (Fsp3) is 0.533. The zero-order chi connectivity index (χ0) is 13.4. The third-order valence-electron chi connectivity index (χ3n) is 3.23. The lowest BCUT2D eigenvalue weighted by molar-refractivity contribution is -0.116. The van der Waals surface area contributed by atoms with E-state index in [4.69, 9.17) is 5.73 Å². The summed E-state index contributed by atoms with van der Waals surface area (Å²) in [5.41, 5.74) is 7.59. The van der Waals surface area contributed by atoms with E-state index >= 15 is 0 Å². The molecule has 0 fully saturated rings. The van der Waals surface area contributed by atoms with Gasteiger partial charge in [-0.15, -0.1) is 0 Å². The fourth-order valence-electron chi connectivity index (χ4n) is 2.07. The quantitative estimate of drug-likeness (QED) is 0.779. The van der Waals surface area contributed by atoms with Crippen LogP contribution in [0.5, 0.6) is 0 Å². The minimum absolute atomic E-state index is 0.0936. The molecule has 0 aliphatic rings. The lowest BCUT2D eigenvalue weighted by Gasteiger charge is -2.13. The number of benzene rings is 1. The maximum Gasteiger partial charge on any atom is 0.224 e. The van der Waals surface area contributed by atoms with Gasteiger partial charge in [0.2, 0.25) is 5.91 Å². The summed E-state index contributed by atoms with van der Waals surface area (Å²) >= 11 is 0. The van der Waals surface area contributed by atoms with Crippen molar-refractivity contribution in [3.05, 3.63) is 29.8 Å². The van der Waals surface area contributed by atoms with Crippen molar-refractivity contribution in [3.63, 3.8) is 0 Å². The predicted molar refractivity (Wildman–Crippen MR) is 76.5 cm³/mol. The van der Waals surface area contributed by atoms with Gasteiger partial charge in [0.25, 0.3) is 0 Å². The number of hydrogen-bond donors (Lipinski definition) is 2. The maximum absolute atomic E-state index is 11.8. The van der Waals surface area contributed by atoms with E-state index in [1.165, 1.54) is 0 Å². The van der Waals surface area contributed by atoms with Crippen molar-refractivity contribution in [1.82, 2.24) is 0 Å². The lowest BCUT2D eigenvalue weighted by atomic mass is 9.96. The third kappa shape index (κ3) is 5.32. The van der Waals surface area contributed by atoms with Gasteiger partial charge in [-0.25, -0.2) is 0 Å². The number of rotatable bonds is 7. The van der Waals surface area contributed by atoms with Gasteiger partial charge < -0.3 is 11.1 Å². The molecular formula is C15H24N2O. The van der Waals surface area contributed by atoms with Gasteiger partial charge in [0.05, 0.1) is 0 Å². The van der Waals surface area contributed by atoms with Crippen molar-refractivity contribution < 1.29 is 4.79 Å². The number of carbonyl (C=O) groups is 1. The zero-order valence-electron chi connectivity index (χ0n) is 11.4. The van der Waals surface area contributed by atoms with Gasteiger partial charge in [-0.05, 0) is 49.9 Å². The minimum atomic E-state index is 0.0936. The summed E-state index contributed by atoms with van der Waals surface area (Å²) < 4.78 is 0. The van der Waals surface area contributed by atoms with Crippen LogP contribution in [0.1, 0.15) is 38.2 Å². The van der Waals surface area contributed by atoms with E-state index in [0.29, 0.717) is 18.9 Å². The maximum atomic E-state index is 11.8. The molecule has 1 amide bonds. The monoisotopic (exact) mass is 248 g/mol. The fourth-order valence-corrected chi connectivity index (χ4v) is 2.07. The van der Waals surface area contributed by atoms with Crippen LogP contribution in [0.3, 0.4) is 0 Å². The topological polar surface area (TPSA) is 55.1 Å². The molecule has 0 aromatic heterocycles. The normalized spacial score (nSPS) is 12.2. The average Bonchev–Trinajstić information content (AvgIpc) is 2.34. The van der Waals surface area contributed by atoms with Gasteiger partial charge in [-0.3, -0.25) is 4.79 Å². The van der Waals surface area contributed by atoms with Crippen LogP contribution in [0.2, 0.25) is 0 Å². The minimum Gasteiger partial charge on any atom is -0.330 e. The summed E-state index contributed by atoms with van der Waals surface area (Å²) in [6.07, 6.45) is 3.60. The van der Waals surface area contributed by atoms with Crippen molar-refractivity contribution in [3.8, 4) is 0 Å². The molecule has 1 rings (SSSR count). The van der Waals surface area contributed by atoms with Crippen LogP contribution in [0.25, 0.3) is 0 Å². The van der Waals surface area contributed by atoms with E-state index in [9.17, 15) is 4.79 Å². The van der Waals surface area contributed by atoms with Crippen molar-refractivity contribution in [1.29, 1.82) is 0 Å². The highest BCUT2D eigenvalue weighted by molar-refractivity contribution is 5.90. The van der Waals surface area contributed by atoms with Crippen LogP contribution in [-0.4, -0.2) is 12.5 Å². The molecule has 3 heteroatoms. The number of anilines is 1. The average molecular weight is 248 g/mol. The molecule has 0 heterocycles. The summed E-state index contributed by atoms with van der Waals surface area (Å²) in [6.45, 7) is 4.88. The van der Waals surface area contributed by atoms with Gasteiger partial charge in [0.15, 0.2) is 0 Å². The number of nitrogens with two attached hydrogens (primary N) is 1. The van der Waals surface area contributed by atoms with Crippen molar-refractivity contribution in [2.75, 3.05) is 11.9 Å². The summed E-state index contributed by atoms with van der Waals surface area (Å²) in [5, 5.41) is 2.93. The molecule has 0 spiro atoms. The van der Waals surface area contributed by atoms with Gasteiger partial charge in [-0.1, -0.05) is 25.5 Å². The highest BCUT2D eigenvalue weighted by Crippen LogP contribution is 2.16. The Morgan fingerprint density at radius 3 is 2.78 bits per heavy atom. The first-order valence-corrected chi connectivity index (χ1v) is 6.72. The predicted octanol–water partition coefficient (Wildman–Crippen LogP) is 3.09. The Kier molecular flexibility index (Phi) is 6.44. The number of carbonyl (C=O) groups excluding carboxylic acids is 1. The first-order chi connectivity index (χ1) is 8.65. The van der Waals surface area contributed by atoms with E-state index < -0.39 is 0 Å². The van der Waals surface area contributed by atoms with E-state index in [0.717, 1.165) is 30.5 Å². The summed E-state index contributed by atoms with van der Waals surface area (Å²) in [7, 11) is 0. The molecule has 0 aliphatic carbocycles. The van der Waals surface area contributed by atoms with E-state index in [1.807, 2.05) is 31.2 Å². The highest BCUT2D eigenvalue weighted by atomic mass is 16.1. The lowest BCUT2D eigenvalue weighted by Crippen LogP contribution is -2.15. The Morgan fingerprint density at radius 1 is 1.39 bits per heavy atom. The Bertz CT molecular complexity index is 377. The zero-order valence-corrected chi connectivity index (χ0v) is 11.4. The third-order valence-corrected chi connectivity index (χ3v) is 3.23. The summed E-state index contributed by atoms with van der Waals surface area (Å²) in [6, 6.07) is 7.87. The van der Waals surface area contributed by atoms with Crippen LogP contribution in [0.4, 0.5) is 5.69 Å². The standard InChI is InChI=1S/C15H24N2O/c1-3-13(9-10-16)7-8-15(18)17-14-6-4-5-12(2)11-14/h4-6,11,13H,3,7-10,16H2,1-2H3,(H,17,18). The molecule has 0 aliphatic heterocycles. The molecule has 1 unspecified atom stereocenters. The molecule has 3 nitrogen and oxygen atoms in total. The van der Waals surface area contributed by atoms with E-state index in [-0.39, 0.29) is 5.91 Å². The Labute approximate surface area is 110 Å². The second-order valence-electron chi connectivity index (χ2n) is 4.81. The molecule has 1 aromatic rings. The second-order valence-corrected chi connectivity index (χ2v) is 4.81. The first-order valence-electron chi connectivity index (χ1n) is 6.72. The summed E-state index contributed by atoms with van der Waals surface area (Å²) in [4.78, 5) is 11.8. The van der Waals surface area contributed by atoms with Crippen molar-refractivity contribution in [2.24, 2.45) is 11.7 Å². The number of amides is 1. The molecule has 0 bridgehead atoms. The van der Waals surface area contributed by atoms with Crippen LogP contribution in [0, 0.1) is 12.8 Å². The van der Waals surface area contributed by atoms with Crippen molar-refractivity contribution in [2.45, 2.75) is 39.5 Å². The molecule has 1 atom stereocenters. The largest absolute Gasteiger partial charge is 0.330 e. The Balaban J connectivity index is 2.37. The summed E-state index contributed by atoms with van der Waals surface area (Å²) in [5.74, 6) is 0.661. The molecule has 18 heavy (non-hydrogen) atoms. The first kappa shape index (κ1) is 14.7. The van der Waals surface area contributed by atoms with E-state index in [2.05, 4.69) is 12.2 Å². The van der Waals surface area contributed by atoms with Crippen LogP contribution < -0.4 is 11.1 Å². The van der Waals surface area contributed by atoms with Gasteiger partial charge >= 0.3 is 0 Å². The number of nitrogens with one attached hydrogen (secondary N) is 1. The van der Waals surface area contributed by atoms with Crippen LogP contribution >= 0.6 is 0 Å². The molecule has 1 aromatic carbocycles. The van der Waals surface area contributed by atoms with Crippen LogP contribution in [0.15, 0.2) is 24.3 Å². The van der Waals surface area contributed by atoms with Gasteiger partial charge in [0, 0.05) is 12.1 Å². The molecule has 100 valence electrons. The molecule has 0 saturated heterocycles. The second kappa shape index (κ2) is 7.88. The smallest absolute Gasteiger partial charge is 0.224 e. The van der Waals surface area contributed by atoms with Crippen molar-refractivity contribution >= 4 is 11.6 Å². The van der Waals surface area contributed by atoms with Crippen LogP contribution in [-0.2, 0) is 4.79 Å². The number of aryl methyl sites for hydroxylation is 1. The Hall–Kier alpha value is -1.35. The highest BCUT2D eigenvalue weighted by Gasteiger charge is 2.09.